The molecule has 0 heterocycles. The van der Waals surface area contributed by atoms with Gasteiger partial charge < -0.3 is 19.8 Å². The van der Waals surface area contributed by atoms with Gasteiger partial charge in [0.05, 0.1) is 18.8 Å². The first kappa shape index (κ1) is 20.1. The molecule has 2 aromatic rings. The van der Waals surface area contributed by atoms with Gasteiger partial charge in [-0.3, -0.25) is 9.14 Å². The van der Waals surface area contributed by atoms with Crippen molar-refractivity contribution in [1.82, 2.24) is 4.34 Å². The van der Waals surface area contributed by atoms with Crippen molar-refractivity contribution in [2.24, 2.45) is 0 Å². The number of nitrogens with zero attached hydrogens (tertiary/aromatic N) is 1. The Kier molecular flexibility index (Phi) is 6.88. The van der Waals surface area contributed by atoms with Crippen molar-refractivity contribution in [3.63, 3.8) is 0 Å². The zero-order valence-corrected chi connectivity index (χ0v) is 16.5. The number of carbonyl (C=O) groups excluding carboxylic acids is 1. The predicted molar refractivity (Wildman–Crippen MR) is 105 cm³/mol. The number of hydrogen-bond acceptors (Lipinski definition) is 5. The molecule has 3 N–H and O–H groups in total. The second-order valence-electron chi connectivity index (χ2n) is 6.16. The van der Waals surface area contributed by atoms with Crippen molar-refractivity contribution in [1.29, 1.82) is 0 Å². The fourth-order valence-corrected chi connectivity index (χ4v) is 2.89. The SMILES string of the molecule is COc1ccc(N(CC(O)c2ccc(O)c(C(=O)NBr)c2)C(C)C)cc1. The van der Waals surface area contributed by atoms with Gasteiger partial charge in [-0.15, -0.1) is 0 Å². The second-order valence-corrected chi connectivity index (χ2v) is 6.56. The van der Waals surface area contributed by atoms with E-state index in [0.717, 1.165) is 11.4 Å². The lowest BCUT2D eigenvalue weighted by molar-refractivity contribution is 0.0983. The zero-order valence-electron chi connectivity index (χ0n) is 14.9. The highest BCUT2D eigenvalue weighted by molar-refractivity contribution is 9.08. The molecule has 2 rings (SSSR count). The van der Waals surface area contributed by atoms with Crippen LogP contribution in [-0.2, 0) is 0 Å². The molecule has 0 aliphatic rings. The molecule has 0 aliphatic carbocycles. The Balaban J connectivity index is 2.24. The largest absolute Gasteiger partial charge is 0.507 e. The number of nitrogens with one attached hydrogen (secondary N) is 1. The summed E-state index contributed by atoms with van der Waals surface area (Å²) in [5, 5.41) is 20.5. The molecule has 1 unspecified atom stereocenters. The number of phenolic OH excluding ortho intramolecular Hbond substituents is 1. The van der Waals surface area contributed by atoms with E-state index in [1.54, 1.807) is 13.2 Å². The van der Waals surface area contributed by atoms with Crippen molar-refractivity contribution in [3.8, 4) is 11.5 Å². The highest BCUT2D eigenvalue weighted by Gasteiger charge is 2.19. The number of methoxy groups -OCH3 is 1. The van der Waals surface area contributed by atoms with E-state index in [9.17, 15) is 15.0 Å². The second kappa shape index (κ2) is 8.91. The van der Waals surface area contributed by atoms with Crippen LogP contribution in [0.25, 0.3) is 0 Å². The van der Waals surface area contributed by atoms with Crippen molar-refractivity contribution < 1.29 is 19.7 Å². The van der Waals surface area contributed by atoms with Crippen molar-refractivity contribution in [3.05, 3.63) is 53.6 Å². The summed E-state index contributed by atoms with van der Waals surface area (Å²) < 4.78 is 7.48. The number of rotatable bonds is 7. The van der Waals surface area contributed by atoms with Gasteiger partial charge in [0.15, 0.2) is 0 Å². The monoisotopic (exact) mass is 422 g/mol. The molecule has 0 saturated heterocycles. The Morgan fingerprint density at radius 2 is 1.88 bits per heavy atom. The summed E-state index contributed by atoms with van der Waals surface area (Å²) in [5.41, 5.74) is 1.60. The number of carbonyl (C=O) groups is 1. The lowest BCUT2D eigenvalue weighted by atomic mass is 10.0. The first-order chi connectivity index (χ1) is 12.4. The van der Waals surface area contributed by atoms with Crippen molar-refractivity contribution >= 4 is 27.7 Å². The standard InChI is InChI=1S/C19H23BrN2O4/c1-12(2)22(14-5-7-15(26-3)8-6-14)11-18(24)13-4-9-17(23)16(10-13)19(25)21-20/h4-10,12,18,23-24H,11H2,1-3H3,(H,21,25). The Morgan fingerprint density at radius 1 is 1.23 bits per heavy atom. The molecule has 0 aliphatic heterocycles. The molecule has 7 heteroatoms. The number of amides is 1. The molecule has 0 saturated carbocycles. The summed E-state index contributed by atoms with van der Waals surface area (Å²) in [6, 6.07) is 12.3. The van der Waals surface area contributed by atoms with Crippen LogP contribution in [0.15, 0.2) is 42.5 Å². The van der Waals surface area contributed by atoms with E-state index in [2.05, 4.69) is 25.4 Å². The number of halogens is 1. The molecular formula is C19H23BrN2O4. The van der Waals surface area contributed by atoms with Crippen LogP contribution in [0.1, 0.15) is 35.9 Å². The van der Waals surface area contributed by atoms with Gasteiger partial charge in [0.2, 0.25) is 0 Å². The molecular weight excluding hydrogens is 400 g/mol. The third-order valence-electron chi connectivity index (χ3n) is 4.13. The van der Waals surface area contributed by atoms with Crippen LogP contribution in [0.5, 0.6) is 11.5 Å². The van der Waals surface area contributed by atoms with Gasteiger partial charge in [-0.05, 0) is 55.8 Å². The number of benzene rings is 2. The Labute approximate surface area is 161 Å². The fraction of sp³-hybridized carbons (Fsp3) is 0.316. The molecule has 0 spiro atoms. The van der Waals surface area contributed by atoms with Crippen LogP contribution in [0.3, 0.4) is 0 Å². The molecule has 1 amide bonds. The van der Waals surface area contributed by atoms with E-state index in [1.165, 1.54) is 12.1 Å². The maximum absolute atomic E-state index is 11.8. The van der Waals surface area contributed by atoms with Crippen LogP contribution < -0.4 is 14.0 Å². The van der Waals surface area contributed by atoms with Gasteiger partial charge in [0.1, 0.15) is 11.5 Å². The number of ether oxygens (including phenoxy) is 1. The number of hydrogen-bond donors (Lipinski definition) is 3. The molecule has 0 fully saturated rings. The highest BCUT2D eigenvalue weighted by Crippen LogP contribution is 2.27. The van der Waals surface area contributed by atoms with Crippen molar-refractivity contribution in [2.75, 3.05) is 18.6 Å². The smallest absolute Gasteiger partial charge is 0.264 e. The molecule has 0 bridgehead atoms. The van der Waals surface area contributed by atoms with E-state index in [-0.39, 0.29) is 17.4 Å². The van der Waals surface area contributed by atoms with Gasteiger partial charge in [-0.1, -0.05) is 6.07 Å². The van der Waals surface area contributed by atoms with E-state index in [1.807, 2.05) is 38.1 Å². The number of anilines is 1. The van der Waals surface area contributed by atoms with Crippen LogP contribution in [-0.4, -0.2) is 35.8 Å². The third-order valence-corrected chi connectivity index (χ3v) is 4.49. The minimum atomic E-state index is -0.832. The zero-order chi connectivity index (χ0) is 19.3. The molecule has 6 nitrogen and oxygen atoms in total. The average Bonchev–Trinajstić information content (AvgIpc) is 2.65. The summed E-state index contributed by atoms with van der Waals surface area (Å²) >= 11 is 2.86. The summed E-state index contributed by atoms with van der Waals surface area (Å²) in [6.07, 6.45) is -0.832. The first-order valence-electron chi connectivity index (χ1n) is 8.20. The normalized spacial score (nSPS) is 11.9. The molecule has 26 heavy (non-hydrogen) atoms. The minimum Gasteiger partial charge on any atom is -0.507 e. The van der Waals surface area contributed by atoms with Crippen LogP contribution in [0.4, 0.5) is 5.69 Å². The Hall–Kier alpha value is -2.25. The van der Waals surface area contributed by atoms with E-state index >= 15 is 0 Å². The van der Waals surface area contributed by atoms with E-state index in [4.69, 9.17) is 4.74 Å². The predicted octanol–water partition coefficient (Wildman–Crippen LogP) is 3.39. The lowest BCUT2D eigenvalue weighted by Gasteiger charge is -2.31. The maximum atomic E-state index is 11.8. The first-order valence-corrected chi connectivity index (χ1v) is 8.99. The molecule has 0 radical (unpaired) electrons. The topological polar surface area (TPSA) is 82.0 Å². The Bertz CT molecular complexity index is 750. The number of aliphatic hydroxyl groups excluding tert-OH is 1. The minimum absolute atomic E-state index is 0.0963. The number of phenols is 1. The van der Waals surface area contributed by atoms with Gasteiger partial charge in [-0.25, -0.2) is 0 Å². The Morgan fingerprint density at radius 3 is 2.42 bits per heavy atom. The maximum Gasteiger partial charge on any atom is 0.264 e. The lowest BCUT2D eigenvalue weighted by Crippen LogP contribution is -2.34. The summed E-state index contributed by atoms with van der Waals surface area (Å²) in [5.74, 6) is 0.142. The summed E-state index contributed by atoms with van der Waals surface area (Å²) in [4.78, 5) is 13.9. The van der Waals surface area contributed by atoms with Gasteiger partial charge in [0.25, 0.3) is 5.91 Å². The summed E-state index contributed by atoms with van der Waals surface area (Å²) in [6.45, 7) is 4.42. The van der Waals surface area contributed by atoms with Crippen molar-refractivity contribution in [2.45, 2.75) is 26.0 Å². The van der Waals surface area contributed by atoms with Crippen LogP contribution in [0.2, 0.25) is 0 Å². The molecule has 0 aromatic heterocycles. The van der Waals surface area contributed by atoms with E-state index in [0.29, 0.717) is 12.1 Å². The number of aliphatic hydroxyl groups is 1. The van der Waals surface area contributed by atoms with Gasteiger partial charge in [0, 0.05) is 34.4 Å². The van der Waals surface area contributed by atoms with E-state index < -0.39 is 12.0 Å². The molecule has 2 aromatic carbocycles. The molecule has 140 valence electrons. The molecule has 1 atom stereocenters. The summed E-state index contributed by atoms with van der Waals surface area (Å²) in [7, 11) is 1.62. The average molecular weight is 423 g/mol. The quantitative estimate of drug-likeness (QED) is 0.595. The fourth-order valence-electron chi connectivity index (χ4n) is 2.67. The third kappa shape index (κ3) is 4.68. The van der Waals surface area contributed by atoms with Crippen LogP contribution in [0, 0.1) is 0 Å². The van der Waals surface area contributed by atoms with Gasteiger partial charge in [-0.2, -0.15) is 0 Å². The number of aromatic hydroxyl groups is 1. The van der Waals surface area contributed by atoms with Crippen LogP contribution >= 0.6 is 16.1 Å². The van der Waals surface area contributed by atoms with Gasteiger partial charge >= 0.3 is 0 Å². The highest BCUT2D eigenvalue weighted by atomic mass is 79.9.